The van der Waals surface area contributed by atoms with Gasteiger partial charge in [0.1, 0.15) is 0 Å². The molecule has 1 aromatic carbocycles. The molecule has 3 heterocycles. The number of hydrogen-bond donors (Lipinski definition) is 2. The molecule has 1 aliphatic rings. The van der Waals surface area contributed by atoms with E-state index in [0.29, 0.717) is 12.4 Å². The zero-order valence-electron chi connectivity index (χ0n) is 15.7. The first kappa shape index (κ1) is 18.1. The van der Waals surface area contributed by atoms with Crippen molar-refractivity contribution in [1.29, 1.82) is 0 Å². The van der Waals surface area contributed by atoms with E-state index in [1.165, 1.54) is 6.42 Å². The van der Waals surface area contributed by atoms with Crippen molar-refractivity contribution in [3.05, 3.63) is 48.3 Å². The van der Waals surface area contributed by atoms with Gasteiger partial charge in [0.2, 0.25) is 5.82 Å². The number of tetrazole rings is 1. The molecule has 1 aliphatic heterocycles. The minimum Gasteiger partial charge on any atom is -0.334 e. The van der Waals surface area contributed by atoms with Gasteiger partial charge < -0.3 is 10.2 Å². The van der Waals surface area contributed by atoms with Crippen LogP contribution in [0.2, 0.25) is 0 Å². The van der Waals surface area contributed by atoms with Crippen LogP contribution in [0, 0.1) is 0 Å². The molecule has 2 amide bonds. The lowest BCUT2D eigenvalue weighted by Gasteiger charge is -2.35. The van der Waals surface area contributed by atoms with Crippen LogP contribution in [0.1, 0.15) is 31.2 Å². The number of aromatic amines is 1. The highest BCUT2D eigenvalue weighted by atomic mass is 16.2. The normalized spacial score (nSPS) is 16.9. The Labute approximate surface area is 163 Å². The number of aromatic nitrogens is 6. The highest BCUT2D eigenvalue weighted by Gasteiger charge is 2.26. The quantitative estimate of drug-likeness (QED) is 0.682. The molecule has 2 N–H and O–H groups in total. The average Bonchev–Trinajstić information content (AvgIpc) is 3.45. The molecule has 0 bridgehead atoms. The number of H-pyrrole nitrogens is 1. The fourth-order valence-electron chi connectivity index (χ4n) is 3.67. The Hall–Kier alpha value is -3.23. The monoisotopic (exact) mass is 380 g/mol. The van der Waals surface area contributed by atoms with Crippen LogP contribution in [0.5, 0.6) is 0 Å². The summed E-state index contributed by atoms with van der Waals surface area (Å²) < 4.78 is 1.92. The second-order valence-corrected chi connectivity index (χ2v) is 7.00. The molecule has 2 aromatic heterocycles. The Morgan fingerprint density at radius 3 is 3.07 bits per heavy atom. The van der Waals surface area contributed by atoms with E-state index in [0.717, 1.165) is 43.5 Å². The zero-order chi connectivity index (χ0) is 19.2. The van der Waals surface area contributed by atoms with Crippen molar-refractivity contribution in [2.75, 3.05) is 6.54 Å². The number of amides is 2. The average molecular weight is 380 g/mol. The van der Waals surface area contributed by atoms with E-state index in [2.05, 4.69) is 31.0 Å². The summed E-state index contributed by atoms with van der Waals surface area (Å²) in [7, 11) is 0. The third kappa shape index (κ3) is 4.36. The lowest BCUT2D eigenvalue weighted by molar-refractivity contribution is 0.143. The van der Waals surface area contributed by atoms with Crippen molar-refractivity contribution in [3.8, 4) is 11.4 Å². The van der Waals surface area contributed by atoms with Crippen LogP contribution in [0.15, 0.2) is 42.7 Å². The van der Waals surface area contributed by atoms with Crippen LogP contribution in [-0.4, -0.2) is 53.9 Å². The van der Waals surface area contributed by atoms with Gasteiger partial charge in [0.25, 0.3) is 0 Å². The topological polar surface area (TPSA) is 105 Å². The first-order chi connectivity index (χ1) is 13.8. The summed E-state index contributed by atoms with van der Waals surface area (Å²) in [6, 6.07) is 9.98. The highest BCUT2D eigenvalue weighted by molar-refractivity contribution is 5.74. The van der Waals surface area contributed by atoms with Gasteiger partial charge in [-0.15, -0.1) is 10.2 Å². The molecule has 0 aliphatic carbocycles. The number of aryl methyl sites for hydroxylation is 1. The molecule has 146 valence electrons. The largest absolute Gasteiger partial charge is 0.334 e. The van der Waals surface area contributed by atoms with Gasteiger partial charge in [-0.25, -0.2) is 4.79 Å². The molecule has 3 aromatic rings. The van der Waals surface area contributed by atoms with E-state index in [4.69, 9.17) is 0 Å². The standard InChI is InChI=1S/C19H24N8O/c28-19(20-14-15-5-3-6-16(13-15)18-22-24-25-23-18)27-11-2-1-7-17(27)8-12-26-10-4-9-21-26/h3-6,9-10,13,17H,1-2,7-8,11-12,14H2,(H,20,28)(H,22,23,24,25)/t17-/m1/s1. The lowest BCUT2D eigenvalue weighted by Crippen LogP contribution is -2.48. The molecular formula is C19H24N8O. The Balaban J connectivity index is 1.34. The molecule has 4 rings (SSSR count). The van der Waals surface area contributed by atoms with E-state index < -0.39 is 0 Å². The number of benzene rings is 1. The highest BCUT2D eigenvalue weighted by Crippen LogP contribution is 2.21. The number of carbonyl (C=O) groups is 1. The van der Waals surface area contributed by atoms with Crippen molar-refractivity contribution in [1.82, 2.24) is 40.6 Å². The molecule has 0 unspecified atom stereocenters. The van der Waals surface area contributed by atoms with Gasteiger partial charge in [-0.05, 0) is 48.6 Å². The van der Waals surface area contributed by atoms with Crippen LogP contribution >= 0.6 is 0 Å². The molecule has 1 fully saturated rings. The van der Waals surface area contributed by atoms with E-state index in [-0.39, 0.29) is 12.1 Å². The fraction of sp³-hybridized carbons (Fsp3) is 0.421. The molecular weight excluding hydrogens is 356 g/mol. The fourth-order valence-corrected chi connectivity index (χ4v) is 3.67. The van der Waals surface area contributed by atoms with Crippen molar-refractivity contribution in [2.45, 2.75) is 44.8 Å². The summed E-state index contributed by atoms with van der Waals surface area (Å²) in [6.07, 6.45) is 7.93. The Morgan fingerprint density at radius 1 is 1.29 bits per heavy atom. The van der Waals surface area contributed by atoms with Crippen molar-refractivity contribution in [2.24, 2.45) is 0 Å². The van der Waals surface area contributed by atoms with Gasteiger partial charge in [-0.1, -0.05) is 18.2 Å². The van der Waals surface area contributed by atoms with Gasteiger partial charge >= 0.3 is 6.03 Å². The summed E-state index contributed by atoms with van der Waals surface area (Å²) in [5.74, 6) is 0.544. The Kier molecular flexibility index (Phi) is 5.60. The van der Waals surface area contributed by atoms with E-state index >= 15 is 0 Å². The number of piperidine rings is 1. The van der Waals surface area contributed by atoms with Gasteiger partial charge in [-0.2, -0.15) is 10.3 Å². The number of rotatable bonds is 6. The summed E-state index contributed by atoms with van der Waals surface area (Å²) in [4.78, 5) is 14.8. The van der Waals surface area contributed by atoms with Crippen molar-refractivity contribution in [3.63, 3.8) is 0 Å². The number of urea groups is 1. The summed E-state index contributed by atoms with van der Waals surface area (Å²) in [5.41, 5.74) is 1.87. The Bertz CT molecular complexity index is 877. The van der Waals surface area contributed by atoms with Gasteiger partial charge in [0.15, 0.2) is 0 Å². The van der Waals surface area contributed by atoms with Crippen molar-refractivity contribution < 1.29 is 4.79 Å². The third-order valence-corrected chi connectivity index (χ3v) is 5.11. The first-order valence-electron chi connectivity index (χ1n) is 9.64. The van der Waals surface area contributed by atoms with E-state index in [1.54, 1.807) is 6.20 Å². The van der Waals surface area contributed by atoms with Gasteiger partial charge in [0.05, 0.1) is 0 Å². The zero-order valence-corrected chi connectivity index (χ0v) is 15.7. The van der Waals surface area contributed by atoms with Crippen LogP contribution in [0.3, 0.4) is 0 Å². The second kappa shape index (κ2) is 8.64. The predicted molar refractivity (Wildman–Crippen MR) is 103 cm³/mol. The summed E-state index contributed by atoms with van der Waals surface area (Å²) in [6.45, 7) is 2.10. The third-order valence-electron chi connectivity index (χ3n) is 5.11. The molecule has 0 radical (unpaired) electrons. The molecule has 0 spiro atoms. The van der Waals surface area contributed by atoms with Crippen LogP contribution in [-0.2, 0) is 13.1 Å². The molecule has 1 atom stereocenters. The number of carbonyl (C=O) groups excluding carboxylic acids is 1. The minimum atomic E-state index is -0.00451. The maximum atomic E-state index is 12.8. The molecule has 9 nitrogen and oxygen atoms in total. The number of nitrogens with zero attached hydrogens (tertiary/aromatic N) is 6. The smallest absolute Gasteiger partial charge is 0.317 e. The first-order valence-corrected chi connectivity index (χ1v) is 9.64. The van der Waals surface area contributed by atoms with E-state index in [1.807, 2.05) is 46.1 Å². The van der Waals surface area contributed by atoms with E-state index in [9.17, 15) is 4.79 Å². The van der Waals surface area contributed by atoms with Gasteiger partial charge in [0, 0.05) is 43.6 Å². The predicted octanol–water partition coefficient (Wildman–Crippen LogP) is 2.22. The lowest BCUT2D eigenvalue weighted by atomic mass is 10.00. The van der Waals surface area contributed by atoms with Crippen LogP contribution < -0.4 is 5.32 Å². The minimum absolute atomic E-state index is 0.00451. The molecule has 28 heavy (non-hydrogen) atoms. The second-order valence-electron chi connectivity index (χ2n) is 7.00. The van der Waals surface area contributed by atoms with Crippen LogP contribution in [0.4, 0.5) is 4.79 Å². The van der Waals surface area contributed by atoms with Gasteiger partial charge in [-0.3, -0.25) is 4.68 Å². The van der Waals surface area contributed by atoms with Crippen molar-refractivity contribution >= 4 is 6.03 Å². The Morgan fingerprint density at radius 2 is 2.25 bits per heavy atom. The summed E-state index contributed by atoms with van der Waals surface area (Å²) >= 11 is 0. The molecule has 9 heteroatoms. The maximum absolute atomic E-state index is 12.8. The number of nitrogens with one attached hydrogen (secondary N) is 2. The molecule has 0 saturated carbocycles. The SMILES string of the molecule is O=C(NCc1cccc(-c2nn[nH]n2)c1)N1CCCC[C@@H]1CCn1cccn1. The number of likely N-dealkylation sites (tertiary alicyclic amines) is 1. The number of hydrogen-bond acceptors (Lipinski definition) is 5. The van der Waals surface area contributed by atoms with Crippen LogP contribution in [0.25, 0.3) is 11.4 Å². The summed E-state index contributed by atoms with van der Waals surface area (Å²) in [5, 5.41) is 21.4. The molecule has 1 saturated heterocycles. The maximum Gasteiger partial charge on any atom is 0.317 e.